The van der Waals surface area contributed by atoms with E-state index in [9.17, 15) is 27.9 Å². The van der Waals surface area contributed by atoms with Crippen molar-refractivity contribution in [1.82, 2.24) is 0 Å². The fraction of sp³-hybridized carbons (Fsp3) is 0.273. The zero-order valence-electron chi connectivity index (χ0n) is 23.2. The van der Waals surface area contributed by atoms with Crippen molar-refractivity contribution < 1.29 is 37.3 Å². The minimum absolute atomic E-state index is 0.0636. The molecule has 3 aromatic rings. The van der Waals surface area contributed by atoms with E-state index in [1.807, 2.05) is 24.3 Å². The summed E-state index contributed by atoms with van der Waals surface area (Å²) in [6, 6.07) is 17.2. The molecule has 43 heavy (non-hydrogen) atoms. The fourth-order valence-corrected chi connectivity index (χ4v) is 5.00. The third kappa shape index (κ3) is 7.71. The van der Waals surface area contributed by atoms with E-state index in [1.165, 1.54) is 24.3 Å². The number of hydrogen-bond donors (Lipinski definition) is 3. The third-order valence-electron chi connectivity index (χ3n) is 7.42. The van der Waals surface area contributed by atoms with Gasteiger partial charge in [-0.3, -0.25) is 9.59 Å². The number of nitrogens with one attached hydrogen (secondary N) is 2. The number of rotatable bonds is 8. The molecule has 1 saturated heterocycles. The van der Waals surface area contributed by atoms with Crippen molar-refractivity contribution in [2.24, 2.45) is 5.92 Å². The molecular formula is C33H31F3N2O5. The zero-order valence-corrected chi connectivity index (χ0v) is 23.2. The molecule has 2 aliphatic rings. The predicted octanol–water partition coefficient (Wildman–Crippen LogP) is 5.99. The van der Waals surface area contributed by atoms with Crippen LogP contribution in [0.25, 0.3) is 5.57 Å². The molecule has 1 unspecified atom stereocenters. The number of carbonyl (C=O) groups is 2. The Hall–Kier alpha value is -4.41. The Bertz CT molecular complexity index is 1510. The standard InChI is InChI=1S/C33H31F3N2O5/c34-33(35,36)24-11-7-22(8-12-24)26(23-9-13-25(14-10-23)43-20-21-15-17-42-18-16-21)3-1-6-31(40)37-28-4-2-5-29-27(28)19-30(39)32(41)38-29/h1-14,21,30,39H,15-20H2,(H,37,40)(H,38,41)/b6-1+,26-3-. The molecule has 2 amide bonds. The normalized spacial score (nSPS) is 17.8. The van der Waals surface area contributed by atoms with Crippen molar-refractivity contribution in [3.8, 4) is 5.75 Å². The van der Waals surface area contributed by atoms with E-state index in [2.05, 4.69) is 10.6 Å². The highest BCUT2D eigenvalue weighted by molar-refractivity contribution is 6.03. The lowest BCUT2D eigenvalue weighted by atomic mass is 9.96. The third-order valence-corrected chi connectivity index (χ3v) is 7.42. The maximum Gasteiger partial charge on any atom is 0.416 e. The van der Waals surface area contributed by atoms with Crippen LogP contribution >= 0.6 is 0 Å². The number of anilines is 2. The predicted molar refractivity (Wildman–Crippen MR) is 157 cm³/mol. The van der Waals surface area contributed by atoms with Gasteiger partial charge in [0, 0.05) is 42.6 Å². The van der Waals surface area contributed by atoms with Crippen molar-refractivity contribution in [3.63, 3.8) is 0 Å². The van der Waals surface area contributed by atoms with E-state index in [0.29, 0.717) is 46.3 Å². The molecule has 0 bridgehead atoms. The largest absolute Gasteiger partial charge is 0.493 e. The van der Waals surface area contributed by atoms with Crippen LogP contribution in [0.5, 0.6) is 5.75 Å². The lowest BCUT2D eigenvalue weighted by molar-refractivity contribution is -0.137. The van der Waals surface area contributed by atoms with Gasteiger partial charge >= 0.3 is 6.18 Å². The molecule has 2 aliphatic heterocycles. The van der Waals surface area contributed by atoms with Crippen LogP contribution in [0.15, 0.2) is 85.0 Å². The van der Waals surface area contributed by atoms with Gasteiger partial charge < -0.3 is 25.2 Å². The first-order valence-corrected chi connectivity index (χ1v) is 14.0. The molecule has 7 nitrogen and oxygen atoms in total. The average Bonchev–Trinajstić information content (AvgIpc) is 3.00. The average molecular weight is 593 g/mol. The van der Waals surface area contributed by atoms with E-state index in [4.69, 9.17) is 9.47 Å². The molecule has 2 heterocycles. The molecule has 1 fully saturated rings. The summed E-state index contributed by atoms with van der Waals surface area (Å²) in [4.78, 5) is 24.6. The maximum atomic E-state index is 13.2. The molecule has 5 rings (SSSR count). The first-order valence-electron chi connectivity index (χ1n) is 14.0. The molecular weight excluding hydrogens is 561 g/mol. The SMILES string of the molecule is O=C(/C=C/C=C(\c1ccc(OCC2CCOCC2)cc1)c1ccc(C(F)(F)F)cc1)Nc1cccc2c1CC(O)C(=O)N2. The van der Waals surface area contributed by atoms with Crippen molar-refractivity contribution in [2.75, 3.05) is 30.5 Å². The molecule has 0 radical (unpaired) electrons. The van der Waals surface area contributed by atoms with Gasteiger partial charge in [-0.25, -0.2) is 0 Å². The highest BCUT2D eigenvalue weighted by Gasteiger charge is 2.30. The lowest BCUT2D eigenvalue weighted by Crippen LogP contribution is -2.34. The van der Waals surface area contributed by atoms with Gasteiger partial charge in [0.05, 0.1) is 12.2 Å². The second-order valence-corrected chi connectivity index (χ2v) is 10.4. The number of aliphatic hydroxyl groups excluding tert-OH is 1. The Morgan fingerprint density at radius 3 is 2.37 bits per heavy atom. The molecule has 0 saturated carbocycles. The number of amides is 2. The summed E-state index contributed by atoms with van der Waals surface area (Å²) in [6.07, 6.45) is 0.761. The van der Waals surface area contributed by atoms with Gasteiger partial charge in [-0.15, -0.1) is 0 Å². The topological polar surface area (TPSA) is 96.9 Å². The van der Waals surface area contributed by atoms with E-state index in [-0.39, 0.29) is 6.42 Å². The second-order valence-electron chi connectivity index (χ2n) is 10.4. The summed E-state index contributed by atoms with van der Waals surface area (Å²) in [5.74, 6) is 0.150. The Morgan fingerprint density at radius 2 is 1.70 bits per heavy atom. The zero-order chi connectivity index (χ0) is 30.4. The van der Waals surface area contributed by atoms with Gasteiger partial charge in [0.1, 0.15) is 11.9 Å². The van der Waals surface area contributed by atoms with Crippen LogP contribution in [0.4, 0.5) is 24.5 Å². The lowest BCUT2D eigenvalue weighted by Gasteiger charge is -2.23. The second kappa shape index (κ2) is 13.3. The summed E-state index contributed by atoms with van der Waals surface area (Å²) in [7, 11) is 0. The van der Waals surface area contributed by atoms with Crippen LogP contribution in [-0.4, -0.2) is 42.8 Å². The van der Waals surface area contributed by atoms with Gasteiger partial charge in [0.2, 0.25) is 5.91 Å². The van der Waals surface area contributed by atoms with Gasteiger partial charge in [-0.1, -0.05) is 42.5 Å². The van der Waals surface area contributed by atoms with E-state index < -0.39 is 29.7 Å². The van der Waals surface area contributed by atoms with Crippen LogP contribution in [0.3, 0.4) is 0 Å². The van der Waals surface area contributed by atoms with E-state index in [1.54, 1.807) is 24.3 Å². The minimum Gasteiger partial charge on any atom is -0.493 e. The van der Waals surface area contributed by atoms with Crippen molar-refractivity contribution >= 4 is 28.8 Å². The quantitative estimate of drug-likeness (QED) is 0.221. The summed E-state index contributed by atoms with van der Waals surface area (Å²) in [6.45, 7) is 2.04. The van der Waals surface area contributed by atoms with Gasteiger partial charge in [-0.2, -0.15) is 13.2 Å². The maximum absolute atomic E-state index is 13.2. The number of aliphatic hydroxyl groups is 1. The van der Waals surface area contributed by atoms with Crippen LogP contribution in [0.2, 0.25) is 0 Å². The molecule has 3 aromatic carbocycles. The Morgan fingerprint density at radius 1 is 1.02 bits per heavy atom. The first kappa shape index (κ1) is 30.1. The molecule has 224 valence electrons. The van der Waals surface area contributed by atoms with Crippen LogP contribution < -0.4 is 15.4 Å². The number of fused-ring (bicyclic) bond motifs is 1. The molecule has 1 atom stereocenters. The Kier molecular flexibility index (Phi) is 9.27. The molecule has 3 N–H and O–H groups in total. The van der Waals surface area contributed by atoms with Gasteiger partial charge in [0.15, 0.2) is 0 Å². The monoisotopic (exact) mass is 592 g/mol. The fourth-order valence-electron chi connectivity index (χ4n) is 5.00. The molecule has 0 aliphatic carbocycles. The van der Waals surface area contributed by atoms with Crippen LogP contribution in [0, 0.1) is 5.92 Å². The van der Waals surface area contributed by atoms with E-state index in [0.717, 1.165) is 43.8 Å². The number of halogens is 3. The summed E-state index contributed by atoms with van der Waals surface area (Å²) in [5, 5.41) is 15.3. The minimum atomic E-state index is -4.46. The first-order chi connectivity index (χ1) is 20.7. The summed E-state index contributed by atoms with van der Waals surface area (Å²) in [5.41, 5.74) is 2.69. The van der Waals surface area contributed by atoms with Crippen LogP contribution in [-0.2, 0) is 26.9 Å². The highest BCUT2D eigenvalue weighted by Crippen LogP contribution is 2.33. The summed E-state index contributed by atoms with van der Waals surface area (Å²) >= 11 is 0. The number of allylic oxidation sites excluding steroid dienone is 2. The number of alkyl halides is 3. The van der Waals surface area contributed by atoms with Crippen LogP contribution in [0.1, 0.15) is 35.1 Å². The highest BCUT2D eigenvalue weighted by atomic mass is 19.4. The van der Waals surface area contributed by atoms with Gasteiger partial charge in [-0.05, 0) is 71.9 Å². The Labute approximate surface area is 247 Å². The summed E-state index contributed by atoms with van der Waals surface area (Å²) < 4.78 is 50.9. The van der Waals surface area contributed by atoms with E-state index >= 15 is 0 Å². The molecule has 0 spiro atoms. The molecule has 10 heteroatoms. The smallest absolute Gasteiger partial charge is 0.416 e. The van der Waals surface area contributed by atoms with Crippen molar-refractivity contribution in [2.45, 2.75) is 31.5 Å². The number of benzene rings is 3. The van der Waals surface area contributed by atoms with Gasteiger partial charge in [0.25, 0.3) is 5.91 Å². The van der Waals surface area contributed by atoms with Crippen molar-refractivity contribution in [1.29, 1.82) is 0 Å². The number of carbonyl (C=O) groups excluding carboxylic acids is 2. The number of hydrogen-bond acceptors (Lipinski definition) is 5. The van der Waals surface area contributed by atoms with Crippen molar-refractivity contribution in [3.05, 3.63) is 107 Å². The number of ether oxygens (including phenoxy) is 2. The molecule has 0 aromatic heterocycles. The Balaban J connectivity index is 1.34.